The van der Waals surface area contributed by atoms with Crippen molar-refractivity contribution in [2.45, 2.75) is 0 Å². The van der Waals surface area contributed by atoms with Crippen molar-refractivity contribution in [2.75, 3.05) is 39.5 Å². The molecule has 0 atom stereocenters. The average Bonchev–Trinajstić information content (AvgIpc) is 4.24. The number of hydrogen-bond acceptors (Lipinski definition) is 8. The zero-order chi connectivity index (χ0) is 49.2. The summed E-state index contributed by atoms with van der Waals surface area (Å²) in [6.45, 7) is 13.4. The predicted molar refractivity (Wildman–Crippen MR) is 300 cm³/mol. The Morgan fingerprint density at radius 1 is 0.187 bits per heavy atom. The zero-order valence-corrected chi connectivity index (χ0v) is 42.7. The molecule has 8 aromatic rings. The van der Waals surface area contributed by atoms with Crippen molar-refractivity contribution in [3.8, 4) is 0 Å². The normalized spacial score (nSPS) is 17.1. The summed E-state index contributed by atoms with van der Waals surface area (Å²) in [7, 11) is 0. The third-order valence-corrected chi connectivity index (χ3v) is 14.5. The molecule has 5 aliphatic heterocycles. The molecule has 0 saturated carbocycles. The minimum absolute atomic E-state index is 0. The van der Waals surface area contributed by atoms with Crippen molar-refractivity contribution >= 4 is 45.6 Å². The second kappa shape index (κ2) is 21.2. The van der Waals surface area contributed by atoms with E-state index in [9.17, 15) is 0 Å². The molecule has 75 heavy (non-hydrogen) atoms. The van der Waals surface area contributed by atoms with Crippen LogP contribution in [0.25, 0.3) is 45.6 Å². The van der Waals surface area contributed by atoms with Crippen LogP contribution >= 0.6 is 0 Å². The van der Waals surface area contributed by atoms with Gasteiger partial charge in [0, 0.05) is 85.1 Å². The van der Waals surface area contributed by atoms with Crippen molar-refractivity contribution in [3.63, 3.8) is 0 Å². The Bertz CT molecular complexity index is 2900. The molecule has 0 amide bonds. The van der Waals surface area contributed by atoms with Gasteiger partial charge in [-0.3, -0.25) is 0 Å². The van der Waals surface area contributed by atoms with E-state index in [0.29, 0.717) is 39.5 Å². The summed E-state index contributed by atoms with van der Waals surface area (Å²) in [6.07, 6.45) is 0. The number of rotatable bonds is 8. The molecule has 9 heteroatoms. The van der Waals surface area contributed by atoms with E-state index in [0.717, 1.165) is 0 Å². The Labute approximate surface area is 452 Å². The van der Waals surface area contributed by atoms with Crippen molar-refractivity contribution in [2.24, 2.45) is 0 Å². The third kappa shape index (κ3) is 9.24. The smallest absolute Gasteiger partial charge is 0.500 e. The molecular formula is C66H56FeN8. The first-order valence-electron chi connectivity index (χ1n) is 25.7. The minimum Gasteiger partial charge on any atom is -0.500 e. The molecule has 1 saturated heterocycles. The Kier molecular flexibility index (Phi) is 13.5. The van der Waals surface area contributed by atoms with Crippen LogP contribution in [0, 0.1) is 26.7 Å². The van der Waals surface area contributed by atoms with Crippen LogP contribution in [0.2, 0.25) is 0 Å². The second-order valence-electron chi connectivity index (χ2n) is 19.1. The molecule has 368 valence electrons. The largest absolute Gasteiger partial charge is 4.00 e. The fraction of sp³-hybridized carbons (Fsp3) is 0.0909. The molecule has 0 radical (unpaired) electrons. The molecule has 0 spiro atoms. The summed E-state index contributed by atoms with van der Waals surface area (Å²) in [6, 6.07) is 87.6. The first kappa shape index (κ1) is 47.6. The van der Waals surface area contributed by atoms with Crippen LogP contribution in [0.3, 0.4) is 0 Å². The van der Waals surface area contributed by atoms with Crippen LogP contribution in [-0.2, 0) is 17.1 Å². The first-order chi connectivity index (χ1) is 36.7. The van der Waals surface area contributed by atoms with Gasteiger partial charge in [-0.1, -0.05) is 243 Å². The molecule has 8 aromatic carbocycles. The maximum Gasteiger partial charge on any atom is 4.00 e. The molecule has 8 bridgehead atoms. The van der Waals surface area contributed by atoms with E-state index in [2.05, 4.69) is 309 Å². The van der Waals surface area contributed by atoms with Gasteiger partial charge < -0.3 is 39.2 Å². The fourth-order valence-electron chi connectivity index (χ4n) is 11.3. The summed E-state index contributed by atoms with van der Waals surface area (Å²) < 4.78 is 0. The standard InChI is InChI=1S/C66H56N8.Fe/c1-9-25-51(26-10-1)59-63(55-33-17-5-18-34-55)71-45-67(59)41-42-68-46-73(65(57-37-21-7-22-38-57)60(68)52-27-11-2-12-28-52)50-74-48-70(62(54-31-15-4-16-32-54)66(74)58-39-23-8-24-40-58)44-43-69-47-72(49-71)64(56-35-19-6-20-36-56)61(69)53-29-13-3-14-30-53;/h1-40,45-48H,41-44,49-50H2;/q-4;+4. The maximum absolute atomic E-state index is 2.49. The molecule has 0 aromatic heterocycles. The summed E-state index contributed by atoms with van der Waals surface area (Å²) in [4.78, 5) is 19.9. The number of fused-ring (bicyclic) bond motifs is 8. The molecule has 0 N–H and O–H groups in total. The molecule has 5 heterocycles. The van der Waals surface area contributed by atoms with E-state index in [1.807, 2.05) is 0 Å². The monoisotopic (exact) mass is 1020 g/mol. The van der Waals surface area contributed by atoms with E-state index < -0.39 is 0 Å². The van der Waals surface area contributed by atoms with Crippen molar-refractivity contribution in [3.05, 3.63) is 314 Å². The maximum atomic E-state index is 2.49. The summed E-state index contributed by atoms with van der Waals surface area (Å²) >= 11 is 0. The van der Waals surface area contributed by atoms with E-state index in [1.54, 1.807) is 0 Å². The number of nitrogens with zero attached hydrogens (tertiary/aromatic N) is 8. The quantitative estimate of drug-likeness (QED) is 0.110. The van der Waals surface area contributed by atoms with E-state index >= 15 is 0 Å². The van der Waals surface area contributed by atoms with Gasteiger partial charge in [-0.15, -0.1) is 0 Å². The van der Waals surface area contributed by atoms with Crippen LogP contribution in [0.4, 0.5) is 0 Å². The molecule has 5 aliphatic rings. The zero-order valence-electron chi connectivity index (χ0n) is 41.6. The Hall–Kier alpha value is -8.36. The van der Waals surface area contributed by atoms with Gasteiger partial charge in [-0.2, -0.15) is 26.7 Å². The predicted octanol–water partition coefficient (Wildman–Crippen LogP) is 13.0. The van der Waals surface area contributed by atoms with Crippen LogP contribution in [0.1, 0.15) is 44.5 Å². The summed E-state index contributed by atoms with van der Waals surface area (Å²) in [5.41, 5.74) is 18.8. The van der Waals surface area contributed by atoms with E-state index in [1.165, 1.54) is 90.1 Å². The third-order valence-electron chi connectivity index (χ3n) is 14.5. The van der Waals surface area contributed by atoms with Crippen LogP contribution in [-0.4, -0.2) is 78.7 Å². The van der Waals surface area contributed by atoms with Gasteiger partial charge in [0.25, 0.3) is 0 Å². The first-order valence-corrected chi connectivity index (χ1v) is 25.7. The van der Waals surface area contributed by atoms with Crippen LogP contribution in [0.5, 0.6) is 0 Å². The Balaban J connectivity index is 0.00000569. The molecule has 0 unspecified atom stereocenters. The molecule has 1 fully saturated rings. The van der Waals surface area contributed by atoms with Gasteiger partial charge in [0.1, 0.15) is 0 Å². The Morgan fingerprint density at radius 2 is 0.320 bits per heavy atom. The summed E-state index contributed by atoms with van der Waals surface area (Å²) in [5.74, 6) is 0. The van der Waals surface area contributed by atoms with Gasteiger partial charge in [-0.25, -0.2) is 0 Å². The SMILES string of the molecule is [Fe+4].c1ccc(C2=C(c3ccccc3)N3[CH-]N2CCN2[CH-]N(CN4[CH-]N(CCN5[CH-]N(C3)C(c3ccccc3)=C5c3ccccc3)C(c3ccccc3)=C4c3ccccc3)C(c3ccccc3)=C2c2ccccc2)cc1. The number of hydrogen-bond donors (Lipinski definition) is 0. The van der Waals surface area contributed by atoms with E-state index in [4.69, 9.17) is 0 Å². The van der Waals surface area contributed by atoms with Crippen molar-refractivity contribution < 1.29 is 17.1 Å². The van der Waals surface area contributed by atoms with Crippen molar-refractivity contribution in [1.29, 1.82) is 0 Å². The molecule has 0 aliphatic carbocycles. The number of benzene rings is 8. The van der Waals surface area contributed by atoms with Gasteiger partial charge in [-0.05, 0) is 44.5 Å². The van der Waals surface area contributed by atoms with Gasteiger partial charge in [0.15, 0.2) is 0 Å². The molecular weight excluding hydrogens is 961 g/mol. The fourth-order valence-corrected chi connectivity index (χ4v) is 11.3. The average molecular weight is 1020 g/mol. The topological polar surface area (TPSA) is 25.9 Å². The Morgan fingerprint density at radius 3 is 0.467 bits per heavy atom. The van der Waals surface area contributed by atoms with Gasteiger partial charge in [0.2, 0.25) is 0 Å². The molecule has 8 nitrogen and oxygen atoms in total. The second-order valence-corrected chi connectivity index (χ2v) is 19.1. The van der Waals surface area contributed by atoms with E-state index in [-0.39, 0.29) is 17.1 Å². The summed E-state index contributed by atoms with van der Waals surface area (Å²) in [5, 5.41) is 0. The van der Waals surface area contributed by atoms with Crippen molar-refractivity contribution in [1.82, 2.24) is 39.2 Å². The van der Waals surface area contributed by atoms with Gasteiger partial charge in [0.05, 0.1) is 0 Å². The molecule has 13 rings (SSSR count). The van der Waals surface area contributed by atoms with Crippen LogP contribution in [0.15, 0.2) is 243 Å². The van der Waals surface area contributed by atoms with Gasteiger partial charge >= 0.3 is 17.1 Å². The van der Waals surface area contributed by atoms with Crippen LogP contribution < -0.4 is 0 Å². The minimum atomic E-state index is 0.